The van der Waals surface area contributed by atoms with E-state index in [0.29, 0.717) is 11.0 Å². The molecule has 0 saturated carbocycles. The van der Waals surface area contributed by atoms with Crippen molar-refractivity contribution in [2.45, 2.75) is 6.92 Å². The second-order valence-corrected chi connectivity index (χ2v) is 5.61. The molecule has 2 rings (SSSR count). The zero-order valence-electron chi connectivity index (χ0n) is 8.84. The Bertz CT molecular complexity index is 543. The molecule has 88 valence electrons. The van der Waals surface area contributed by atoms with Gasteiger partial charge in [-0.15, -0.1) is 0 Å². The summed E-state index contributed by atoms with van der Waals surface area (Å²) < 4.78 is 1.76. The largest absolute Gasteiger partial charge is 0.323 e. The Labute approximate surface area is 121 Å². The highest BCUT2D eigenvalue weighted by atomic mass is 79.9. The summed E-state index contributed by atoms with van der Waals surface area (Å²) in [4.78, 5) is 8.27. The normalized spacial score (nSPS) is 10.4. The molecule has 0 amide bonds. The molecular formula is C11H8Br2ClN3. The summed E-state index contributed by atoms with van der Waals surface area (Å²) in [5.41, 5.74) is 1.85. The maximum atomic E-state index is 6.07. The van der Waals surface area contributed by atoms with E-state index in [2.05, 4.69) is 47.1 Å². The number of nitrogens with zero attached hydrogens (tertiary/aromatic N) is 2. The Morgan fingerprint density at radius 3 is 2.47 bits per heavy atom. The minimum Gasteiger partial charge on any atom is -0.323 e. The van der Waals surface area contributed by atoms with Crippen LogP contribution >= 0.6 is 43.5 Å². The van der Waals surface area contributed by atoms with Crippen LogP contribution < -0.4 is 5.32 Å². The summed E-state index contributed by atoms with van der Waals surface area (Å²) in [6.45, 7) is 1.95. The molecule has 1 aromatic heterocycles. The van der Waals surface area contributed by atoms with E-state index >= 15 is 0 Å². The second kappa shape index (κ2) is 5.33. The highest BCUT2D eigenvalue weighted by Crippen LogP contribution is 2.30. The molecule has 0 spiro atoms. The third-order valence-corrected chi connectivity index (χ3v) is 3.59. The maximum absolute atomic E-state index is 6.07. The number of nitrogens with one attached hydrogen (secondary N) is 1. The van der Waals surface area contributed by atoms with Crippen LogP contribution in [0.15, 0.2) is 33.5 Å². The second-order valence-electron chi connectivity index (χ2n) is 3.43. The van der Waals surface area contributed by atoms with Crippen LogP contribution in [-0.4, -0.2) is 9.97 Å². The van der Waals surface area contributed by atoms with Crippen molar-refractivity contribution in [2.24, 2.45) is 0 Å². The van der Waals surface area contributed by atoms with E-state index in [1.165, 1.54) is 0 Å². The molecule has 0 aliphatic carbocycles. The summed E-state index contributed by atoms with van der Waals surface area (Å²) in [5.74, 6) is 0.522. The molecule has 0 saturated heterocycles. The van der Waals surface area contributed by atoms with Crippen molar-refractivity contribution in [3.05, 3.63) is 44.1 Å². The topological polar surface area (TPSA) is 37.8 Å². The smallest absolute Gasteiger partial charge is 0.227 e. The predicted molar refractivity (Wildman–Crippen MR) is 76.9 cm³/mol. The number of aryl methyl sites for hydroxylation is 1. The van der Waals surface area contributed by atoms with E-state index in [1.54, 1.807) is 12.4 Å². The van der Waals surface area contributed by atoms with Crippen LogP contribution in [0.3, 0.4) is 0 Å². The molecule has 17 heavy (non-hydrogen) atoms. The summed E-state index contributed by atoms with van der Waals surface area (Å²) in [5, 5.41) is 3.79. The van der Waals surface area contributed by atoms with Gasteiger partial charge in [-0.05, 0) is 56.5 Å². The quantitative estimate of drug-likeness (QED) is 0.824. The zero-order chi connectivity index (χ0) is 12.4. The van der Waals surface area contributed by atoms with E-state index in [-0.39, 0.29) is 0 Å². The van der Waals surface area contributed by atoms with E-state index in [0.717, 1.165) is 20.2 Å². The molecule has 0 unspecified atom stereocenters. The molecule has 2 aromatic rings. The third-order valence-electron chi connectivity index (χ3n) is 2.12. The van der Waals surface area contributed by atoms with E-state index in [4.69, 9.17) is 11.6 Å². The van der Waals surface area contributed by atoms with Gasteiger partial charge in [0, 0.05) is 21.9 Å². The lowest BCUT2D eigenvalue weighted by Crippen LogP contribution is -1.97. The van der Waals surface area contributed by atoms with Gasteiger partial charge in [0.15, 0.2) is 0 Å². The number of benzene rings is 1. The number of rotatable bonds is 2. The Morgan fingerprint density at radius 1 is 1.18 bits per heavy atom. The molecule has 3 nitrogen and oxygen atoms in total. The molecule has 1 heterocycles. The first-order valence-electron chi connectivity index (χ1n) is 4.76. The Hall–Kier alpha value is -0.650. The van der Waals surface area contributed by atoms with Gasteiger partial charge in [-0.3, -0.25) is 0 Å². The fourth-order valence-corrected chi connectivity index (χ4v) is 2.16. The highest BCUT2D eigenvalue weighted by molar-refractivity contribution is 9.10. The van der Waals surface area contributed by atoms with E-state index in [1.807, 2.05) is 19.1 Å². The average molecular weight is 377 g/mol. The van der Waals surface area contributed by atoms with Gasteiger partial charge in [0.1, 0.15) is 0 Å². The Balaban J connectivity index is 2.30. The number of aromatic nitrogens is 2. The molecule has 0 radical (unpaired) electrons. The highest BCUT2D eigenvalue weighted by Gasteiger charge is 2.05. The molecule has 6 heteroatoms. The van der Waals surface area contributed by atoms with Crippen molar-refractivity contribution in [3.8, 4) is 0 Å². The van der Waals surface area contributed by atoms with Gasteiger partial charge in [-0.2, -0.15) is 0 Å². The standard InChI is InChI=1S/C11H8Br2ClN3/c1-6-2-8(13)10(3-9(6)14)17-11-15-4-7(12)5-16-11/h2-5H,1H3,(H,15,16,17). The van der Waals surface area contributed by atoms with Gasteiger partial charge in [-0.1, -0.05) is 11.6 Å². The van der Waals surface area contributed by atoms with Gasteiger partial charge in [0.25, 0.3) is 0 Å². The minimum absolute atomic E-state index is 0.522. The average Bonchev–Trinajstić information content (AvgIpc) is 2.29. The summed E-state index contributed by atoms with van der Waals surface area (Å²) in [7, 11) is 0. The lowest BCUT2D eigenvalue weighted by molar-refractivity contribution is 1.15. The number of hydrogen-bond donors (Lipinski definition) is 1. The van der Waals surface area contributed by atoms with Crippen molar-refractivity contribution < 1.29 is 0 Å². The summed E-state index contributed by atoms with van der Waals surface area (Å²) in [6.07, 6.45) is 3.36. The molecule has 1 N–H and O–H groups in total. The fraction of sp³-hybridized carbons (Fsp3) is 0.0909. The number of halogens is 3. The third kappa shape index (κ3) is 3.18. The Kier molecular flexibility index (Phi) is 4.01. The van der Waals surface area contributed by atoms with Crippen molar-refractivity contribution >= 4 is 55.1 Å². The van der Waals surface area contributed by atoms with Crippen LogP contribution in [0.4, 0.5) is 11.6 Å². The van der Waals surface area contributed by atoms with Gasteiger partial charge >= 0.3 is 0 Å². The summed E-state index contributed by atoms with van der Waals surface area (Å²) >= 11 is 12.8. The SMILES string of the molecule is Cc1cc(Br)c(Nc2ncc(Br)cn2)cc1Cl. The fourth-order valence-electron chi connectivity index (χ4n) is 1.24. The van der Waals surface area contributed by atoms with Crippen LogP contribution in [0.5, 0.6) is 0 Å². The van der Waals surface area contributed by atoms with Crippen LogP contribution in [0, 0.1) is 6.92 Å². The molecular weight excluding hydrogens is 369 g/mol. The molecule has 0 aliphatic rings. The molecule has 0 aliphatic heterocycles. The Morgan fingerprint density at radius 2 is 1.82 bits per heavy atom. The van der Waals surface area contributed by atoms with Crippen molar-refractivity contribution in [1.82, 2.24) is 9.97 Å². The number of hydrogen-bond acceptors (Lipinski definition) is 3. The first kappa shape index (κ1) is 12.8. The lowest BCUT2D eigenvalue weighted by Gasteiger charge is -2.09. The van der Waals surface area contributed by atoms with Crippen molar-refractivity contribution in [2.75, 3.05) is 5.32 Å². The summed E-state index contributed by atoms with van der Waals surface area (Å²) in [6, 6.07) is 3.79. The molecule has 1 aromatic carbocycles. The minimum atomic E-state index is 0.522. The first-order valence-corrected chi connectivity index (χ1v) is 6.73. The van der Waals surface area contributed by atoms with Crippen LogP contribution in [-0.2, 0) is 0 Å². The van der Waals surface area contributed by atoms with Crippen LogP contribution in [0.2, 0.25) is 5.02 Å². The molecule has 0 fully saturated rings. The van der Waals surface area contributed by atoms with Crippen LogP contribution in [0.1, 0.15) is 5.56 Å². The van der Waals surface area contributed by atoms with E-state index in [9.17, 15) is 0 Å². The first-order chi connectivity index (χ1) is 8.06. The lowest BCUT2D eigenvalue weighted by atomic mass is 10.2. The van der Waals surface area contributed by atoms with Gasteiger partial charge < -0.3 is 5.32 Å². The van der Waals surface area contributed by atoms with Gasteiger partial charge in [0.05, 0.1) is 10.2 Å². The van der Waals surface area contributed by atoms with Gasteiger partial charge in [0.2, 0.25) is 5.95 Å². The zero-order valence-corrected chi connectivity index (χ0v) is 12.8. The number of anilines is 2. The van der Waals surface area contributed by atoms with Crippen molar-refractivity contribution in [1.29, 1.82) is 0 Å². The molecule has 0 atom stereocenters. The monoisotopic (exact) mass is 375 g/mol. The van der Waals surface area contributed by atoms with Crippen molar-refractivity contribution in [3.63, 3.8) is 0 Å². The van der Waals surface area contributed by atoms with Crippen LogP contribution in [0.25, 0.3) is 0 Å². The predicted octanol–water partition coefficient (Wildman–Crippen LogP) is 4.71. The van der Waals surface area contributed by atoms with Gasteiger partial charge in [-0.25, -0.2) is 9.97 Å². The maximum Gasteiger partial charge on any atom is 0.227 e. The molecule has 0 bridgehead atoms. The van der Waals surface area contributed by atoms with E-state index < -0.39 is 0 Å².